The van der Waals surface area contributed by atoms with Gasteiger partial charge < -0.3 is 15.4 Å². The Morgan fingerprint density at radius 3 is 2.28 bits per heavy atom. The summed E-state index contributed by atoms with van der Waals surface area (Å²) in [6.45, 7) is 6.22. The quantitative estimate of drug-likeness (QED) is 0.876. The maximum absolute atomic E-state index is 12.1. The lowest BCUT2D eigenvalue weighted by atomic mass is 9.87. The summed E-state index contributed by atoms with van der Waals surface area (Å²) < 4.78 is 4.95. The number of amides is 2. The van der Waals surface area contributed by atoms with Crippen LogP contribution in [0.3, 0.4) is 0 Å². The first-order chi connectivity index (χ1) is 11.8. The third-order valence-electron chi connectivity index (χ3n) is 3.65. The van der Waals surface area contributed by atoms with Crippen molar-refractivity contribution in [2.75, 3.05) is 19.0 Å². The second-order valence-corrected chi connectivity index (χ2v) is 6.65. The van der Waals surface area contributed by atoms with Gasteiger partial charge in [-0.15, -0.1) is 0 Å². The number of methoxy groups -OCH3 is 1. The Balaban J connectivity index is 1.87. The summed E-state index contributed by atoms with van der Waals surface area (Å²) in [6, 6.07) is 10.7. The van der Waals surface area contributed by atoms with E-state index in [-0.39, 0.29) is 23.8 Å². The van der Waals surface area contributed by atoms with Crippen LogP contribution in [0.15, 0.2) is 42.6 Å². The Labute approximate surface area is 147 Å². The number of pyridine rings is 1. The fourth-order valence-corrected chi connectivity index (χ4v) is 2.16. The molecule has 0 fully saturated rings. The number of benzene rings is 1. The van der Waals surface area contributed by atoms with E-state index in [9.17, 15) is 9.59 Å². The van der Waals surface area contributed by atoms with Crippen molar-refractivity contribution in [2.45, 2.75) is 26.2 Å². The fraction of sp³-hybridized carbons (Fsp3) is 0.316. The number of nitrogens with one attached hydrogen (secondary N) is 2. The summed E-state index contributed by atoms with van der Waals surface area (Å²) in [7, 11) is 1.52. The predicted octanol–water partition coefficient (Wildman–Crippen LogP) is 2.76. The van der Waals surface area contributed by atoms with Gasteiger partial charge in [0.1, 0.15) is 0 Å². The van der Waals surface area contributed by atoms with Crippen molar-refractivity contribution in [1.82, 2.24) is 10.3 Å². The number of aromatic nitrogens is 1. The lowest BCUT2D eigenvalue weighted by molar-refractivity contribution is -0.115. The van der Waals surface area contributed by atoms with Crippen molar-refractivity contribution in [3.8, 4) is 5.88 Å². The molecule has 1 aromatic heterocycles. The first-order valence-corrected chi connectivity index (χ1v) is 7.98. The molecule has 0 aliphatic carbocycles. The first-order valence-electron chi connectivity index (χ1n) is 7.98. The molecule has 0 saturated heterocycles. The van der Waals surface area contributed by atoms with Crippen LogP contribution in [0.25, 0.3) is 0 Å². The number of carbonyl (C=O) groups is 2. The van der Waals surface area contributed by atoms with Gasteiger partial charge in [-0.05, 0) is 29.2 Å². The van der Waals surface area contributed by atoms with Crippen molar-refractivity contribution in [2.24, 2.45) is 0 Å². The van der Waals surface area contributed by atoms with Gasteiger partial charge in [0.25, 0.3) is 5.91 Å². The van der Waals surface area contributed by atoms with E-state index in [4.69, 9.17) is 4.74 Å². The second-order valence-electron chi connectivity index (χ2n) is 6.65. The smallest absolute Gasteiger partial charge is 0.251 e. The standard InChI is InChI=1S/C19H23N3O3/c1-19(2,3)14-7-5-13(6-8-14)18(24)21-12-16(23)22-15-9-10-17(25-4)20-11-15/h5-11H,12H2,1-4H3,(H,21,24)(H,22,23). The van der Waals surface area contributed by atoms with E-state index in [0.29, 0.717) is 17.1 Å². The van der Waals surface area contributed by atoms with Crippen molar-refractivity contribution in [3.63, 3.8) is 0 Å². The highest BCUT2D eigenvalue weighted by Crippen LogP contribution is 2.22. The molecule has 2 rings (SSSR count). The molecule has 0 unspecified atom stereocenters. The minimum Gasteiger partial charge on any atom is -0.481 e. The molecule has 0 bridgehead atoms. The average Bonchev–Trinajstić information content (AvgIpc) is 2.59. The Bertz CT molecular complexity index is 732. The molecular formula is C19H23N3O3. The molecule has 25 heavy (non-hydrogen) atoms. The summed E-state index contributed by atoms with van der Waals surface area (Å²) in [4.78, 5) is 28.0. The van der Waals surface area contributed by atoms with Gasteiger partial charge in [0, 0.05) is 11.6 Å². The molecule has 132 valence electrons. The maximum Gasteiger partial charge on any atom is 0.251 e. The van der Waals surface area contributed by atoms with Gasteiger partial charge in [-0.1, -0.05) is 32.9 Å². The number of carbonyl (C=O) groups excluding carboxylic acids is 2. The highest BCUT2D eigenvalue weighted by Gasteiger charge is 2.14. The third kappa shape index (κ3) is 5.31. The van der Waals surface area contributed by atoms with Crippen molar-refractivity contribution < 1.29 is 14.3 Å². The van der Waals surface area contributed by atoms with Gasteiger partial charge >= 0.3 is 0 Å². The van der Waals surface area contributed by atoms with Crippen LogP contribution in [0.2, 0.25) is 0 Å². The molecule has 1 heterocycles. The average molecular weight is 341 g/mol. The maximum atomic E-state index is 12.1. The van der Waals surface area contributed by atoms with Crippen molar-refractivity contribution >= 4 is 17.5 Å². The van der Waals surface area contributed by atoms with E-state index in [1.165, 1.54) is 13.3 Å². The molecule has 1 aromatic carbocycles. The number of ether oxygens (including phenoxy) is 1. The molecule has 2 N–H and O–H groups in total. The fourth-order valence-electron chi connectivity index (χ4n) is 2.16. The predicted molar refractivity (Wildman–Crippen MR) is 96.9 cm³/mol. The van der Waals surface area contributed by atoms with Crippen molar-refractivity contribution in [1.29, 1.82) is 0 Å². The van der Waals surface area contributed by atoms with Crippen LogP contribution < -0.4 is 15.4 Å². The molecule has 0 atom stereocenters. The van der Waals surface area contributed by atoms with Gasteiger partial charge in [0.05, 0.1) is 25.5 Å². The van der Waals surface area contributed by atoms with Crippen LogP contribution in [0.4, 0.5) is 5.69 Å². The van der Waals surface area contributed by atoms with Crippen LogP contribution in [-0.4, -0.2) is 30.5 Å². The Morgan fingerprint density at radius 1 is 1.08 bits per heavy atom. The largest absolute Gasteiger partial charge is 0.481 e. The number of rotatable bonds is 5. The lowest BCUT2D eigenvalue weighted by Gasteiger charge is -2.19. The minimum absolute atomic E-state index is 0.0291. The molecular weight excluding hydrogens is 318 g/mol. The molecule has 6 heteroatoms. The zero-order chi connectivity index (χ0) is 18.4. The van der Waals surface area contributed by atoms with E-state index in [1.807, 2.05) is 12.1 Å². The van der Waals surface area contributed by atoms with Crippen LogP contribution >= 0.6 is 0 Å². The monoisotopic (exact) mass is 341 g/mol. The molecule has 0 aliphatic rings. The SMILES string of the molecule is COc1ccc(NC(=O)CNC(=O)c2ccc(C(C)(C)C)cc2)cn1. The Kier molecular flexibility index (Phi) is 5.75. The van der Waals surface area contributed by atoms with E-state index in [2.05, 4.69) is 36.4 Å². The normalized spacial score (nSPS) is 10.9. The van der Waals surface area contributed by atoms with Crippen LogP contribution in [0.5, 0.6) is 5.88 Å². The second kappa shape index (κ2) is 7.79. The Morgan fingerprint density at radius 2 is 1.76 bits per heavy atom. The minimum atomic E-state index is -0.327. The molecule has 0 saturated carbocycles. The molecule has 0 spiro atoms. The van der Waals surface area contributed by atoms with E-state index >= 15 is 0 Å². The number of anilines is 1. The third-order valence-corrected chi connectivity index (χ3v) is 3.65. The highest BCUT2D eigenvalue weighted by atomic mass is 16.5. The van der Waals surface area contributed by atoms with Crippen LogP contribution in [0, 0.1) is 0 Å². The topological polar surface area (TPSA) is 80.3 Å². The van der Waals surface area contributed by atoms with Crippen molar-refractivity contribution in [3.05, 3.63) is 53.7 Å². The zero-order valence-corrected chi connectivity index (χ0v) is 14.9. The Hall–Kier alpha value is -2.89. The first kappa shape index (κ1) is 18.4. The number of hydrogen-bond donors (Lipinski definition) is 2. The highest BCUT2D eigenvalue weighted by molar-refractivity contribution is 5.99. The summed E-state index contributed by atoms with van der Waals surface area (Å²) in [5.41, 5.74) is 2.23. The van der Waals surface area contributed by atoms with Gasteiger partial charge in [-0.25, -0.2) is 4.98 Å². The summed E-state index contributed by atoms with van der Waals surface area (Å²) in [5, 5.41) is 5.26. The van der Waals surface area contributed by atoms with Gasteiger partial charge in [0.2, 0.25) is 11.8 Å². The van der Waals surface area contributed by atoms with Gasteiger partial charge in [0.15, 0.2) is 0 Å². The summed E-state index contributed by atoms with van der Waals surface area (Å²) >= 11 is 0. The number of hydrogen-bond acceptors (Lipinski definition) is 4. The van der Waals surface area contributed by atoms with Gasteiger partial charge in [-0.3, -0.25) is 9.59 Å². The molecule has 0 radical (unpaired) electrons. The molecule has 6 nitrogen and oxygen atoms in total. The summed E-state index contributed by atoms with van der Waals surface area (Å²) in [5.74, 6) is -0.153. The zero-order valence-electron chi connectivity index (χ0n) is 14.9. The van der Waals surface area contributed by atoms with E-state index in [1.54, 1.807) is 24.3 Å². The van der Waals surface area contributed by atoms with E-state index in [0.717, 1.165) is 5.56 Å². The van der Waals surface area contributed by atoms with Crippen LogP contribution in [-0.2, 0) is 10.2 Å². The molecule has 2 aromatic rings. The number of nitrogens with zero attached hydrogens (tertiary/aromatic N) is 1. The lowest BCUT2D eigenvalue weighted by Crippen LogP contribution is -2.32. The van der Waals surface area contributed by atoms with Gasteiger partial charge in [-0.2, -0.15) is 0 Å². The van der Waals surface area contributed by atoms with E-state index < -0.39 is 0 Å². The molecule has 0 aliphatic heterocycles. The molecule has 2 amide bonds. The van der Waals surface area contributed by atoms with Crippen LogP contribution in [0.1, 0.15) is 36.7 Å². The summed E-state index contributed by atoms with van der Waals surface area (Å²) in [6.07, 6.45) is 1.49.